The van der Waals surface area contributed by atoms with Crippen molar-refractivity contribution in [1.82, 2.24) is 62.6 Å². The number of nitrogens with one attached hydrogen (secondary N) is 9. The Kier molecular flexibility index (Phi) is 38.5. The van der Waals surface area contributed by atoms with E-state index in [0.717, 1.165) is 161 Å². The molecule has 0 spiro atoms. The van der Waals surface area contributed by atoms with Gasteiger partial charge in [0.25, 0.3) is 0 Å². The van der Waals surface area contributed by atoms with Crippen LogP contribution in [0.4, 0.5) is 0 Å². The Morgan fingerprint density at radius 1 is 0.407 bits per heavy atom. The van der Waals surface area contributed by atoms with E-state index in [1.165, 1.54) is 64.5 Å². The van der Waals surface area contributed by atoms with Crippen LogP contribution < -0.4 is 47.9 Å². The second kappa shape index (κ2) is 43.2. The maximum absolute atomic E-state index is 13.0. The summed E-state index contributed by atoms with van der Waals surface area (Å²) >= 11 is 0. The summed E-state index contributed by atoms with van der Waals surface area (Å²) in [6.45, 7) is 74.5. The van der Waals surface area contributed by atoms with Gasteiger partial charge in [0, 0.05) is 172 Å². The molecular formula is C98H188N12O8. The summed E-state index contributed by atoms with van der Waals surface area (Å²) < 4.78 is 11.6. The van der Waals surface area contributed by atoms with E-state index in [1.807, 2.05) is 11.8 Å². The highest BCUT2D eigenvalue weighted by Crippen LogP contribution is 2.41. The molecule has 118 heavy (non-hydrogen) atoms. The molecule has 8 heterocycles. The Bertz CT molecular complexity index is 2920. The fourth-order valence-corrected chi connectivity index (χ4v) is 24.0. The number of unbranched alkanes of at least 4 members (excludes halogenated alkanes) is 11. The minimum atomic E-state index is -0.169. The molecule has 8 fully saturated rings. The van der Waals surface area contributed by atoms with Gasteiger partial charge in [-0.05, 0) is 322 Å². The Balaban J connectivity index is 0.000000283. The van der Waals surface area contributed by atoms with E-state index in [2.05, 4.69) is 260 Å². The third-order valence-corrected chi connectivity index (χ3v) is 26.3. The van der Waals surface area contributed by atoms with Crippen molar-refractivity contribution < 1.29 is 38.2 Å². The van der Waals surface area contributed by atoms with Crippen LogP contribution in [0.15, 0.2) is 0 Å². The van der Waals surface area contributed by atoms with Crippen LogP contribution in [0, 0.1) is 17.8 Å². The first-order valence-electron chi connectivity index (χ1n) is 47.6. The zero-order valence-corrected chi connectivity index (χ0v) is 82.4. The molecule has 0 aromatic rings. The largest absolute Gasteiger partial charge is 0.462 e. The van der Waals surface area contributed by atoms with Crippen LogP contribution in [0.2, 0.25) is 0 Å². The number of hydrogen-bond acceptors (Lipinski definition) is 17. The molecule has 8 saturated heterocycles. The number of rotatable bonds is 34. The topological polar surface area (TPSA) is 239 Å². The molecule has 0 radical (unpaired) electrons. The number of amides is 4. The number of carbonyl (C=O) groups excluding carboxylic acids is 6. The first kappa shape index (κ1) is 105. The molecule has 0 aromatic heterocycles. The average Bonchev–Trinajstić information content (AvgIpc) is 1.54. The highest BCUT2D eigenvalue weighted by atomic mass is 16.5. The van der Waals surface area contributed by atoms with Gasteiger partial charge in [0.2, 0.25) is 24.1 Å². The Morgan fingerprint density at radius 2 is 0.695 bits per heavy atom. The number of hydrogen-bond donors (Lipinski definition) is 9. The lowest BCUT2D eigenvalue weighted by Gasteiger charge is -2.49. The molecule has 9 N–H and O–H groups in total. The molecule has 20 heteroatoms. The SMILES string of the molecule is CC(=O)N(CCCCCCN(C=O)C1CC(C)(C)NC(C)(C)C1)C1CC(C)(C)NC(C)(C)C1.CC1(C)CC(NCCCCCCNC2CC(C)(C)NC(C)(C)C2)CC(C)(C)N1.CC1(C)CC(OC(=O)CCCCCCCCC(=O)OC2CC(C)(C)NC(C)(C)C2)CC(C)(C)N1.CCC(C)CC1C(=O)N(C2CC(C)(C)NC(C)(C)C2)C(=O)C1C. The fourth-order valence-electron chi connectivity index (χ4n) is 24.0. The van der Waals surface area contributed by atoms with Gasteiger partial charge in [-0.15, -0.1) is 0 Å². The number of piperidine rings is 7. The van der Waals surface area contributed by atoms with E-state index < -0.39 is 0 Å². The van der Waals surface area contributed by atoms with E-state index in [1.54, 1.807) is 11.8 Å². The quantitative estimate of drug-likeness (QED) is 0.0126. The lowest BCUT2D eigenvalue weighted by atomic mass is 9.79. The second-order valence-electron chi connectivity index (χ2n) is 48.3. The summed E-state index contributed by atoms with van der Waals surface area (Å²) in [5.74, 6) is 0.368. The number of likely N-dealkylation sites (tertiary alicyclic amines) is 1. The van der Waals surface area contributed by atoms with Gasteiger partial charge >= 0.3 is 11.9 Å². The maximum Gasteiger partial charge on any atom is 0.306 e. The van der Waals surface area contributed by atoms with Crippen molar-refractivity contribution in [1.29, 1.82) is 0 Å². The molecule has 4 amide bonds. The highest BCUT2D eigenvalue weighted by molar-refractivity contribution is 6.05. The number of nitrogens with zero attached hydrogens (tertiary/aromatic N) is 3. The maximum atomic E-state index is 13.0. The van der Waals surface area contributed by atoms with Gasteiger partial charge in [0.15, 0.2) is 0 Å². The van der Waals surface area contributed by atoms with E-state index in [-0.39, 0.29) is 137 Å². The van der Waals surface area contributed by atoms with Gasteiger partial charge in [0.1, 0.15) is 12.2 Å². The number of ether oxygens (including phenoxy) is 2. The van der Waals surface area contributed by atoms with Crippen LogP contribution >= 0.6 is 0 Å². The Labute approximate surface area is 724 Å². The zero-order chi connectivity index (χ0) is 89.3. The zero-order valence-electron chi connectivity index (χ0n) is 82.4. The molecule has 8 rings (SSSR count). The van der Waals surface area contributed by atoms with Gasteiger partial charge in [-0.25, -0.2) is 0 Å². The van der Waals surface area contributed by atoms with E-state index in [4.69, 9.17) is 9.47 Å². The Hall–Kier alpha value is -3.34. The van der Waals surface area contributed by atoms with Gasteiger partial charge < -0.3 is 67.1 Å². The van der Waals surface area contributed by atoms with E-state index in [0.29, 0.717) is 42.9 Å². The predicted molar refractivity (Wildman–Crippen MR) is 491 cm³/mol. The monoisotopic (exact) mass is 1660 g/mol. The fraction of sp³-hybridized carbons (Fsp3) is 0.939. The molecule has 688 valence electrons. The molecule has 0 aromatic carbocycles. The molecule has 8 aliphatic heterocycles. The minimum absolute atomic E-state index is 0.000484. The summed E-state index contributed by atoms with van der Waals surface area (Å²) in [4.78, 5) is 80.4. The average molecular weight is 1660 g/mol. The normalized spacial score (nSPS) is 26.4. The lowest BCUT2D eigenvalue weighted by molar-refractivity contribution is -0.154. The third kappa shape index (κ3) is 38.2. The second-order valence-corrected chi connectivity index (χ2v) is 48.3. The van der Waals surface area contributed by atoms with Crippen molar-refractivity contribution >= 4 is 36.1 Å². The van der Waals surface area contributed by atoms with Crippen molar-refractivity contribution in [3.05, 3.63) is 0 Å². The van der Waals surface area contributed by atoms with Crippen molar-refractivity contribution in [3.63, 3.8) is 0 Å². The van der Waals surface area contributed by atoms with Crippen molar-refractivity contribution in [2.45, 2.75) is 547 Å². The summed E-state index contributed by atoms with van der Waals surface area (Å²) in [6.07, 6.45) is 33.4. The first-order chi connectivity index (χ1) is 53.9. The molecular weight excluding hydrogens is 1470 g/mol. The van der Waals surface area contributed by atoms with E-state index >= 15 is 0 Å². The van der Waals surface area contributed by atoms with Crippen LogP contribution in [0.5, 0.6) is 0 Å². The lowest BCUT2D eigenvalue weighted by Crippen LogP contribution is -2.63. The van der Waals surface area contributed by atoms with Crippen LogP contribution in [0.3, 0.4) is 0 Å². The van der Waals surface area contributed by atoms with E-state index in [9.17, 15) is 28.8 Å². The van der Waals surface area contributed by atoms with Crippen LogP contribution in [-0.4, -0.2) is 197 Å². The summed E-state index contributed by atoms with van der Waals surface area (Å²) in [7, 11) is 0. The van der Waals surface area contributed by atoms with Crippen LogP contribution in [0.25, 0.3) is 0 Å². The van der Waals surface area contributed by atoms with Gasteiger partial charge in [-0.1, -0.05) is 78.6 Å². The molecule has 0 saturated carbocycles. The molecule has 0 bridgehead atoms. The van der Waals surface area contributed by atoms with Gasteiger partial charge in [0.05, 0.1) is 5.92 Å². The Morgan fingerprint density at radius 3 is 1.03 bits per heavy atom. The van der Waals surface area contributed by atoms with Crippen molar-refractivity contribution in [3.8, 4) is 0 Å². The summed E-state index contributed by atoms with van der Waals surface area (Å²) in [6, 6.07) is 1.92. The number of esters is 2. The first-order valence-corrected chi connectivity index (χ1v) is 47.6. The van der Waals surface area contributed by atoms with Gasteiger partial charge in [-0.2, -0.15) is 0 Å². The molecule has 3 atom stereocenters. The molecule has 8 aliphatic rings. The summed E-state index contributed by atoms with van der Waals surface area (Å²) in [5, 5.41) is 33.5. The van der Waals surface area contributed by atoms with Crippen molar-refractivity contribution in [2.75, 3.05) is 26.2 Å². The molecule has 0 aliphatic carbocycles. The number of carbonyl (C=O) groups is 6. The molecule has 20 nitrogen and oxygen atoms in total. The van der Waals surface area contributed by atoms with Crippen molar-refractivity contribution in [2.24, 2.45) is 17.8 Å². The highest BCUT2D eigenvalue weighted by Gasteiger charge is 2.52. The summed E-state index contributed by atoms with van der Waals surface area (Å²) in [5.41, 5.74) is 0.933. The third-order valence-electron chi connectivity index (χ3n) is 26.3. The standard InChI is InChI=1S/C28H52N2O4.C27H52N4O2.C24H50N4.C19H34N2O2/c1-25(2)17-21(18-26(3,4)29-25)33-23(31)15-13-11-9-10-12-14-16-24(32)34-22-19-27(5,6)30-28(7,8)20-22;1-21(33)31(23-18-26(6,7)29-27(8,9)19-23)15-13-11-10-12-14-30(20-32)22-16-24(2,3)28-25(4,5)17-22;1-21(2)15-19(16-22(3,4)27-21)25-13-11-9-10-12-14-26-20-17-23(5,6)28-24(7,8)18-20;1-8-12(2)9-15-13(3)16(22)21(17(15)23)14-10-18(4,5)20-19(6,7)11-14/h21-22,29-30H,9-20H2,1-8H3;20,22-23,28-29H,10-19H2,1-9H3;19-20,25-28H,9-18H2,1-8H3;12-15,20H,8-11H2,1-7H3. The predicted octanol–water partition coefficient (Wildman–Crippen LogP) is 18.0. The van der Waals surface area contributed by atoms with Crippen LogP contribution in [0.1, 0.15) is 427 Å². The van der Waals surface area contributed by atoms with Gasteiger partial charge in [-0.3, -0.25) is 33.7 Å². The molecule has 3 unspecified atom stereocenters. The smallest absolute Gasteiger partial charge is 0.306 e. The number of imide groups is 1. The minimum Gasteiger partial charge on any atom is -0.462 e. The van der Waals surface area contributed by atoms with Crippen LogP contribution in [-0.2, 0) is 38.2 Å².